The Balaban J connectivity index is 1.58. The summed E-state index contributed by atoms with van der Waals surface area (Å²) in [5.74, 6) is 0. The van der Waals surface area contributed by atoms with Gasteiger partial charge in [-0.05, 0) is 110 Å². The number of hydrogen-bond acceptors (Lipinski definition) is 6. The van der Waals surface area contributed by atoms with Crippen molar-refractivity contribution in [3.63, 3.8) is 0 Å². The standard InChI is InChI=1S/C45H42N6/c1-31-16-13-25-37(28-31)49-43-40(46-34-19-7-4-8-20-34)44(50-38-26-14-17-32(2)29-38)42(48-36-23-11-6-12-24-36)45(51-39-27-15-18-33(3)30-39)41(43)47-35-21-9-5-10-22-35/h4-30,46-51H,1-3H3. The lowest BCUT2D eigenvalue weighted by Crippen LogP contribution is -2.11. The summed E-state index contributed by atoms with van der Waals surface area (Å²) in [6, 6.07) is 56.2. The second-order valence-electron chi connectivity index (χ2n) is 12.7. The van der Waals surface area contributed by atoms with Gasteiger partial charge in [0.2, 0.25) is 0 Å². The van der Waals surface area contributed by atoms with Crippen molar-refractivity contribution in [3.05, 3.63) is 180 Å². The van der Waals surface area contributed by atoms with E-state index in [0.717, 1.165) is 84.9 Å². The van der Waals surface area contributed by atoms with Crippen molar-refractivity contribution in [1.29, 1.82) is 0 Å². The molecule has 6 nitrogen and oxygen atoms in total. The smallest absolute Gasteiger partial charge is 0.0907 e. The van der Waals surface area contributed by atoms with Crippen LogP contribution in [0.3, 0.4) is 0 Å². The Hall–Kier alpha value is -6.66. The number of benzene rings is 7. The van der Waals surface area contributed by atoms with Gasteiger partial charge in [-0.1, -0.05) is 91.0 Å². The molecule has 7 rings (SSSR count). The first-order chi connectivity index (χ1) is 25.0. The first-order valence-corrected chi connectivity index (χ1v) is 17.2. The van der Waals surface area contributed by atoms with Crippen LogP contribution in [0.25, 0.3) is 0 Å². The van der Waals surface area contributed by atoms with Crippen molar-refractivity contribution in [1.82, 2.24) is 0 Å². The fourth-order valence-corrected chi connectivity index (χ4v) is 6.10. The average molecular weight is 667 g/mol. The Morgan fingerprint density at radius 3 is 0.686 bits per heavy atom. The van der Waals surface area contributed by atoms with Crippen LogP contribution in [0.4, 0.5) is 68.2 Å². The molecule has 0 saturated heterocycles. The van der Waals surface area contributed by atoms with Crippen molar-refractivity contribution in [2.24, 2.45) is 0 Å². The summed E-state index contributed by atoms with van der Waals surface area (Å²) >= 11 is 0. The number of para-hydroxylation sites is 3. The minimum atomic E-state index is 0.857. The lowest BCUT2D eigenvalue weighted by atomic mass is 10.0. The molecule has 6 heteroatoms. The lowest BCUT2D eigenvalue weighted by molar-refractivity contribution is 1.40. The molecule has 6 N–H and O–H groups in total. The van der Waals surface area contributed by atoms with Crippen LogP contribution in [-0.4, -0.2) is 0 Å². The van der Waals surface area contributed by atoms with E-state index in [1.165, 1.54) is 0 Å². The fraction of sp³-hybridized carbons (Fsp3) is 0.0667. The molecule has 0 aliphatic heterocycles. The number of anilines is 12. The maximum Gasteiger partial charge on any atom is 0.0907 e. The van der Waals surface area contributed by atoms with Gasteiger partial charge >= 0.3 is 0 Å². The van der Waals surface area contributed by atoms with E-state index in [1.54, 1.807) is 0 Å². The molecule has 0 aliphatic carbocycles. The quantitative estimate of drug-likeness (QED) is 0.0780. The molecule has 0 fully saturated rings. The maximum atomic E-state index is 3.86. The molecular weight excluding hydrogens is 625 g/mol. The first kappa shape index (κ1) is 32.9. The van der Waals surface area contributed by atoms with Crippen molar-refractivity contribution in [2.75, 3.05) is 31.9 Å². The Morgan fingerprint density at radius 1 is 0.235 bits per heavy atom. The molecule has 51 heavy (non-hydrogen) atoms. The normalized spacial score (nSPS) is 10.6. The summed E-state index contributed by atoms with van der Waals surface area (Å²) in [5.41, 5.74) is 14.4. The van der Waals surface area contributed by atoms with Crippen LogP contribution in [-0.2, 0) is 0 Å². The molecule has 0 amide bonds. The highest BCUT2D eigenvalue weighted by Crippen LogP contribution is 2.54. The van der Waals surface area contributed by atoms with Gasteiger partial charge in [0.15, 0.2) is 0 Å². The van der Waals surface area contributed by atoms with E-state index in [1.807, 2.05) is 54.6 Å². The molecule has 0 aliphatic rings. The zero-order valence-electron chi connectivity index (χ0n) is 29.1. The average Bonchev–Trinajstić information content (AvgIpc) is 3.14. The maximum absolute atomic E-state index is 3.86. The predicted octanol–water partition coefficient (Wildman–Crippen LogP) is 13.1. The second kappa shape index (κ2) is 15.3. The molecule has 7 aromatic carbocycles. The van der Waals surface area contributed by atoms with Crippen molar-refractivity contribution < 1.29 is 0 Å². The van der Waals surface area contributed by atoms with Crippen LogP contribution < -0.4 is 31.9 Å². The van der Waals surface area contributed by atoms with E-state index in [4.69, 9.17) is 0 Å². The highest BCUT2D eigenvalue weighted by molar-refractivity contribution is 6.12. The molecule has 0 atom stereocenters. The third kappa shape index (κ3) is 8.15. The Morgan fingerprint density at radius 2 is 0.451 bits per heavy atom. The van der Waals surface area contributed by atoms with E-state index < -0.39 is 0 Å². The van der Waals surface area contributed by atoms with Crippen molar-refractivity contribution in [3.8, 4) is 0 Å². The minimum Gasteiger partial charge on any atom is -0.352 e. The molecule has 0 spiro atoms. The molecule has 0 bridgehead atoms. The van der Waals surface area contributed by atoms with Gasteiger partial charge in [0.05, 0.1) is 34.1 Å². The Kier molecular flexibility index (Phi) is 9.84. The molecule has 0 saturated carbocycles. The number of rotatable bonds is 12. The van der Waals surface area contributed by atoms with Gasteiger partial charge in [-0.3, -0.25) is 0 Å². The third-order valence-corrected chi connectivity index (χ3v) is 8.49. The van der Waals surface area contributed by atoms with Crippen LogP contribution in [0.15, 0.2) is 164 Å². The first-order valence-electron chi connectivity index (χ1n) is 17.2. The lowest BCUT2D eigenvalue weighted by Gasteiger charge is -2.30. The highest BCUT2D eigenvalue weighted by Gasteiger charge is 2.27. The van der Waals surface area contributed by atoms with Crippen LogP contribution >= 0.6 is 0 Å². The summed E-state index contributed by atoms with van der Waals surface area (Å²) in [6.07, 6.45) is 0. The summed E-state index contributed by atoms with van der Waals surface area (Å²) < 4.78 is 0. The minimum absolute atomic E-state index is 0.857. The number of aryl methyl sites for hydroxylation is 3. The van der Waals surface area contributed by atoms with Gasteiger partial charge in [-0.25, -0.2) is 0 Å². The van der Waals surface area contributed by atoms with Gasteiger partial charge in [0.25, 0.3) is 0 Å². The molecule has 0 aromatic heterocycles. The summed E-state index contributed by atoms with van der Waals surface area (Å²) in [7, 11) is 0. The van der Waals surface area contributed by atoms with Crippen LogP contribution in [0.5, 0.6) is 0 Å². The van der Waals surface area contributed by atoms with E-state index in [2.05, 4.69) is 162 Å². The summed E-state index contributed by atoms with van der Waals surface area (Å²) in [5, 5.41) is 23.1. The molecule has 252 valence electrons. The van der Waals surface area contributed by atoms with Crippen molar-refractivity contribution >= 4 is 68.2 Å². The van der Waals surface area contributed by atoms with E-state index in [0.29, 0.717) is 0 Å². The van der Waals surface area contributed by atoms with Gasteiger partial charge < -0.3 is 31.9 Å². The predicted molar refractivity (Wildman–Crippen MR) is 219 cm³/mol. The zero-order valence-corrected chi connectivity index (χ0v) is 29.1. The number of nitrogens with one attached hydrogen (secondary N) is 6. The fourth-order valence-electron chi connectivity index (χ4n) is 6.10. The van der Waals surface area contributed by atoms with Crippen LogP contribution in [0.1, 0.15) is 16.7 Å². The molecular formula is C45H42N6. The molecule has 0 heterocycles. The molecule has 0 radical (unpaired) electrons. The monoisotopic (exact) mass is 666 g/mol. The molecule has 7 aromatic rings. The SMILES string of the molecule is Cc1cccc(Nc2c(Nc3ccccc3)c(Nc3cccc(C)c3)c(Nc3ccccc3)c(Nc3cccc(C)c3)c2Nc2ccccc2)c1. The van der Waals surface area contributed by atoms with Crippen LogP contribution in [0.2, 0.25) is 0 Å². The van der Waals surface area contributed by atoms with Crippen LogP contribution in [0, 0.1) is 20.8 Å². The van der Waals surface area contributed by atoms with Gasteiger partial charge in [0, 0.05) is 34.1 Å². The van der Waals surface area contributed by atoms with E-state index >= 15 is 0 Å². The molecule has 0 unspecified atom stereocenters. The Bertz CT molecular complexity index is 1960. The van der Waals surface area contributed by atoms with Gasteiger partial charge in [-0.2, -0.15) is 0 Å². The second-order valence-corrected chi connectivity index (χ2v) is 12.7. The van der Waals surface area contributed by atoms with Gasteiger partial charge in [0.1, 0.15) is 0 Å². The van der Waals surface area contributed by atoms with E-state index in [-0.39, 0.29) is 0 Å². The third-order valence-electron chi connectivity index (χ3n) is 8.49. The van der Waals surface area contributed by atoms with Gasteiger partial charge in [-0.15, -0.1) is 0 Å². The Labute approximate surface area is 300 Å². The topological polar surface area (TPSA) is 72.2 Å². The highest BCUT2D eigenvalue weighted by atomic mass is 15.1. The summed E-state index contributed by atoms with van der Waals surface area (Å²) in [4.78, 5) is 0. The van der Waals surface area contributed by atoms with Crippen molar-refractivity contribution in [2.45, 2.75) is 20.8 Å². The zero-order chi connectivity index (χ0) is 35.0. The largest absolute Gasteiger partial charge is 0.352 e. The van der Waals surface area contributed by atoms with E-state index in [9.17, 15) is 0 Å². The number of hydrogen-bond donors (Lipinski definition) is 6. The summed E-state index contributed by atoms with van der Waals surface area (Å²) in [6.45, 7) is 6.33.